The number of amides is 1. The molecule has 7 nitrogen and oxygen atoms in total. The number of benzene rings is 1. The molecule has 7 heteroatoms. The number of nitrogens with zero attached hydrogens (tertiary/aromatic N) is 4. The van der Waals surface area contributed by atoms with E-state index in [0.29, 0.717) is 17.1 Å². The molecule has 29 heavy (non-hydrogen) atoms. The second-order valence-corrected chi connectivity index (χ2v) is 6.75. The summed E-state index contributed by atoms with van der Waals surface area (Å²) in [6.45, 7) is 3.61. The predicted molar refractivity (Wildman–Crippen MR) is 114 cm³/mol. The fraction of sp³-hybridized carbons (Fsp3) is 0.227. The summed E-state index contributed by atoms with van der Waals surface area (Å²) in [6.07, 6.45) is 3.63. The first-order valence-corrected chi connectivity index (χ1v) is 9.55. The van der Waals surface area contributed by atoms with Crippen LogP contribution in [0.25, 0.3) is 0 Å². The van der Waals surface area contributed by atoms with Crippen molar-refractivity contribution in [1.82, 2.24) is 9.97 Å². The van der Waals surface area contributed by atoms with E-state index in [9.17, 15) is 4.79 Å². The number of anilines is 3. The van der Waals surface area contributed by atoms with Gasteiger partial charge >= 0.3 is 0 Å². The van der Waals surface area contributed by atoms with E-state index < -0.39 is 0 Å². The van der Waals surface area contributed by atoms with E-state index in [1.54, 1.807) is 37.6 Å². The lowest BCUT2D eigenvalue weighted by Crippen LogP contribution is -2.46. The number of pyridine rings is 2. The smallest absolute Gasteiger partial charge is 0.256 e. The number of rotatable bonds is 5. The van der Waals surface area contributed by atoms with E-state index in [4.69, 9.17) is 4.74 Å². The molecule has 0 spiro atoms. The maximum absolute atomic E-state index is 12.4. The normalized spacial score (nSPS) is 13.8. The first-order valence-electron chi connectivity index (χ1n) is 9.55. The van der Waals surface area contributed by atoms with Crippen molar-refractivity contribution in [3.8, 4) is 5.75 Å². The van der Waals surface area contributed by atoms with Crippen LogP contribution in [-0.4, -0.2) is 49.2 Å². The highest BCUT2D eigenvalue weighted by Gasteiger charge is 2.18. The second kappa shape index (κ2) is 8.60. The molecule has 0 saturated carbocycles. The van der Waals surface area contributed by atoms with Gasteiger partial charge in [-0.1, -0.05) is 12.1 Å². The van der Waals surface area contributed by atoms with Crippen LogP contribution in [0.3, 0.4) is 0 Å². The zero-order valence-electron chi connectivity index (χ0n) is 16.3. The SMILES string of the molecule is COc1cccc(C(=O)Nc2ccc(N3CCN(c4ccccn4)CC3)cn2)c1. The second-order valence-electron chi connectivity index (χ2n) is 6.75. The molecule has 0 aliphatic carbocycles. The van der Waals surface area contributed by atoms with Gasteiger partial charge < -0.3 is 19.9 Å². The molecule has 0 unspecified atom stereocenters. The molecule has 1 fully saturated rings. The van der Waals surface area contributed by atoms with E-state index in [-0.39, 0.29) is 5.91 Å². The highest BCUT2D eigenvalue weighted by molar-refractivity contribution is 6.04. The molecule has 0 atom stereocenters. The molecule has 1 saturated heterocycles. The summed E-state index contributed by atoms with van der Waals surface area (Å²) < 4.78 is 5.17. The fourth-order valence-corrected chi connectivity index (χ4v) is 3.33. The van der Waals surface area contributed by atoms with Crippen LogP contribution in [-0.2, 0) is 0 Å². The fourth-order valence-electron chi connectivity index (χ4n) is 3.33. The van der Waals surface area contributed by atoms with E-state index in [2.05, 4.69) is 25.1 Å². The highest BCUT2D eigenvalue weighted by atomic mass is 16.5. The predicted octanol–water partition coefficient (Wildman–Crippen LogP) is 3.06. The summed E-state index contributed by atoms with van der Waals surface area (Å²) in [7, 11) is 1.58. The Hall–Kier alpha value is -3.61. The van der Waals surface area contributed by atoms with Gasteiger partial charge in [0.1, 0.15) is 17.4 Å². The number of carbonyl (C=O) groups is 1. The number of piperazine rings is 1. The van der Waals surface area contributed by atoms with Gasteiger partial charge in [0.05, 0.1) is 19.0 Å². The van der Waals surface area contributed by atoms with Crippen molar-refractivity contribution < 1.29 is 9.53 Å². The van der Waals surface area contributed by atoms with Gasteiger partial charge in [0, 0.05) is 37.9 Å². The average Bonchev–Trinajstić information content (AvgIpc) is 2.80. The lowest BCUT2D eigenvalue weighted by molar-refractivity contribution is 0.102. The van der Waals surface area contributed by atoms with Crippen molar-refractivity contribution in [3.63, 3.8) is 0 Å². The lowest BCUT2D eigenvalue weighted by atomic mass is 10.2. The highest BCUT2D eigenvalue weighted by Crippen LogP contribution is 2.20. The van der Waals surface area contributed by atoms with Crippen LogP contribution >= 0.6 is 0 Å². The van der Waals surface area contributed by atoms with Crippen LogP contribution in [0, 0.1) is 0 Å². The molecule has 1 aromatic carbocycles. The number of nitrogens with one attached hydrogen (secondary N) is 1. The molecule has 3 aromatic rings. The van der Waals surface area contributed by atoms with Crippen molar-refractivity contribution in [2.75, 3.05) is 48.4 Å². The molecule has 1 aliphatic heterocycles. The maximum atomic E-state index is 12.4. The first-order chi connectivity index (χ1) is 14.2. The van der Waals surface area contributed by atoms with Crippen LogP contribution in [0.5, 0.6) is 5.75 Å². The minimum atomic E-state index is -0.215. The number of aromatic nitrogens is 2. The summed E-state index contributed by atoms with van der Waals surface area (Å²) in [6, 6.07) is 16.8. The number of carbonyl (C=O) groups excluding carboxylic acids is 1. The number of ether oxygens (including phenoxy) is 1. The van der Waals surface area contributed by atoms with Crippen LogP contribution in [0.2, 0.25) is 0 Å². The van der Waals surface area contributed by atoms with Crippen LogP contribution < -0.4 is 19.9 Å². The third kappa shape index (κ3) is 4.45. The molecule has 3 heterocycles. The summed E-state index contributed by atoms with van der Waals surface area (Å²) in [5, 5.41) is 2.83. The third-order valence-electron chi connectivity index (χ3n) is 4.94. The molecule has 1 amide bonds. The van der Waals surface area contributed by atoms with Gasteiger partial charge in [-0.15, -0.1) is 0 Å². The van der Waals surface area contributed by atoms with Gasteiger partial charge in [-0.25, -0.2) is 9.97 Å². The molecule has 1 N–H and O–H groups in total. The standard InChI is InChI=1S/C22H23N5O2/c1-29-19-6-4-5-17(15-19)22(28)25-20-9-8-18(16-24-20)26-11-13-27(14-12-26)21-7-2-3-10-23-21/h2-10,15-16H,11-14H2,1H3,(H,24,25,28). The Balaban J connectivity index is 1.35. The summed E-state index contributed by atoms with van der Waals surface area (Å²) in [5.41, 5.74) is 1.57. The monoisotopic (exact) mass is 389 g/mol. The van der Waals surface area contributed by atoms with Crippen molar-refractivity contribution in [3.05, 3.63) is 72.6 Å². The molecule has 2 aromatic heterocycles. The first kappa shape index (κ1) is 18.7. The number of methoxy groups -OCH3 is 1. The largest absolute Gasteiger partial charge is 0.497 e. The Bertz CT molecular complexity index is 954. The van der Waals surface area contributed by atoms with Gasteiger partial charge in [-0.05, 0) is 42.5 Å². The van der Waals surface area contributed by atoms with Gasteiger partial charge in [-0.3, -0.25) is 4.79 Å². The minimum Gasteiger partial charge on any atom is -0.497 e. The van der Waals surface area contributed by atoms with Crippen molar-refractivity contribution >= 4 is 23.2 Å². The quantitative estimate of drug-likeness (QED) is 0.723. The maximum Gasteiger partial charge on any atom is 0.256 e. The van der Waals surface area contributed by atoms with Crippen LogP contribution in [0.1, 0.15) is 10.4 Å². The van der Waals surface area contributed by atoms with Gasteiger partial charge in [0.25, 0.3) is 5.91 Å². The zero-order valence-corrected chi connectivity index (χ0v) is 16.3. The Morgan fingerprint density at radius 2 is 1.79 bits per heavy atom. The van der Waals surface area contributed by atoms with Gasteiger partial charge in [0.2, 0.25) is 0 Å². The van der Waals surface area contributed by atoms with Crippen molar-refractivity contribution in [2.24, 2.45) is 0 Å². The summed E-state index contributed by atoms with van der Waals surface area (Å²) >= 11 is 0. The zero-order chi connectivity index (χ0) is 20.1. The third-order valence-corrected chi connectivity index (χ3v) is 4.94. The van der Waals surface area contributed by atoms with E-state index in [0.717, 1.165) is 37.7 Å². The van der Waals surface area contributed by atoms with Gasteiger partial charge in [-0.2, -0.15) is 0 Å². The molecule has 1 aliphatic rings. The van der Waals surface area contributed by atoms with Gasteiger partial charge in [0.15, 0.2) is 0 Å². The van der Waals surface area contributed by atoms with E-state index in [1.807, 2.05) is 36.5 Å². The van der Waals surface area contributed by atoms with Crippen LogP contribution in [0.15, 0.2) is 67.0 Å². The Morgan fingerprint density at radius 3 is 2.48 bits per heavy atom. The lowest BCUT2D eigenvalue weighted by Gasteiger charge is -2.36. The molecule has 0 bridgehead atoms. The minimum absolute atomic E-state index is 0.215. The molecule has 148 valence electrons. The van der Waals surface area contributed by atoms with Crippen molar-refractivity contribution in [1.29, 1.82) is 0 Å². The number of hydrogen-bond acceptors (Lipinski definition) is 6. The molecular formula is C22H23N5O2. The average molecular weight is 389 g/mol. The molecule has 4 rings (SSSR count). The Labute approximate surface area is 170 Å². The Morgan fingerprint density at radius 1 is 0.966 bits per heavy atom. The summed E-state index contributed by atoms with van der Waals surface area (Å²) in [4.78, 5) is 25.8. The van der Waals surface area contributed by atoms with E-state index in [1.165, 1.54) is 0 Å². The van der Waals surface area contributed by atoms with E-state index >= 15 is 0 Å². The number of hydrogen-bond donors (Lipinski definition) is 1. The molecule has 0 radical (unpaired) electrons. The van der Waals surface area contributed by atoms with Crippen LogP contribution in [0.4, 0.5) is 17.3 Å². The summed E-state index contributed by atoms with van der Waals surface area (Å²) in [5.74, 6) is 1.97. The topological polar surface area (TPSA) is 70.6 Å². The van der Waals surface area contributed by atoms with Crippen molar-refractivity contribution in [2.45, 2.75) is 0 Å². The molecular weight excluding hydrogens is 366 g/mol. The Kier molecular flexibility index (Phi) is 5.56.